The largest absolute Gasteiger partial charge is 0.477 e. The van der Waals surface area contributed by atoms with Crippen LogP contribution in [-0.4, -0.2) is 28.7 Å². The highest BCUT2D eigenvalue weighted by molar-refractivity contribution is 9.09. The molecule has 2 aromatic rings. The molecule has 5 heteroatoms. The standard InChI is InChI=1S/C11H13NO3.C8H9Br/c1-9(11(13)14)12-15-8-7-10-5-3-2-4-6-10;9-7-6-8-4-2-1-3-5-8/h2-6H,7-8H2,1H3,(H,13,14);1-5H,6-7H2. The van der Waals surface area contributed by atoms with E-state index in [1.54, 1.807) is 0 Å². The Kier molecular flexibility index (Phi) is 10.2. The van der Waals surface area contributed by atoms with Crippen molar-refractivity contribution in [1.82, 2.24) is 0 Å². The maximum atomic E-state index is 10.4. The highest BCUT2D eigenvalue weighted by atomic mass is 79.9. The molecular weight excluding hydrogens is 370 g/mol. The molecule has 0 aromatic heterocycles. The molecule has 0 atom stereocenters. The summed E-state index contributed by atoms with van der Waals surface area (Å²) in [5.41, 5.74) is 2.50. The lowest BCUT2D eigenvalue weighted by atomic mass is 10.2. The number of carboxylic acids is 1. The number of hydrogen-bond acceptors (Lipinski definition) is 3. The molecule has 24 heavy (non-hydrogen) atoms. The van der Waals surface area contributed by atoms with Crippen LogP contribution in [-0.2, 0) is 22.5 Å². The van der Waals surface area contributed by atoms with Gasteiger partial charge >= 0.3 is 5.97 Å². The molecule has 0 radical (unpaired) electrons. The van der Waals surface area contributed by atoms with Gasteiger partial charge in [0.05, 0.1) is 0 Å². The lowest BCUT2D eigenvalue weighted by molar-refractivity contribution is -0.129. The van der Waals surface area contributed by atoms with Gasteiger partial charge in [0.1, 0.15) is 6.61 Å². The van der Waals surface area contributed by atoms with Crippen LogP contribution in [0.15, 0.2) is 65.8 Å². The van der Waals surface area contributed by atoms with Gasteiger partial charge in [-0.05, 0) is 24.5 Å². The molecule has 2 rings (SSSR count). The molecule has 0 saturated heterocycles. The van der Waals surface area contributed by atoms with Gasteiger partial charge in [0.15, 0.2) is 5.71 Å². The van der Waals surface area contributed by atoms with Crippen LogP contribution >= 0.6 is 15.9 Å². The van der Waals surface area contributed by atoms with Crippen molar-refractivity contribution in [2.75, 3.05) is 11.9 Å². The Labute approximate surface area is 151 Å². The van der Waals surface area contributed by atoms with Gasteiger partial charge in [0.25, 0.3) is 0 Å². The molecule has 0 aliphatic heterocycles. The van der Waals surface area contributed by atoms with E-state index < -0.39 is 5.97 Å². The van der Waals surface area contributed by atoms with Gasteiger partial charge in [-0.15, -0.1) is 0 Å². The van der Waals surface area contributed by atoms with Crippen molar-refractivity contribution in [1.29, 1.82) is 0 Å². The smallest absolute Gasteiger partial charge is 0.353 e. The van der Waals surface area contributed by atoms with Crippen LogP contribution in [0.2, 0.25) is 0 Å². The van der Waals surface area contributed by atoms with Gasteiger partial charge in [0.2, 0.25) is 0 Å². The van der Waals surface area contributed by atoms with Crippen molar-refractivity contribution in [3.63, 3.8) is 0 Å². The molecule has 0 fully saturated rings. The first kappa shape index (κ1) is 19.9. The second-order valence-corrected chi connectivity index (χ2v) is 5.77. The van der Waals surface area contributed by atoms with Crippen LogP contribution in [0, 0.1) is 0 Å². The molecule has 0 unspecified atom stereocenters. The van der Waals surface area contributed by atoms with E-state index in [9.17, 15) is 4.79 Å². The first-order valence-electron chi connectivity index (χ1n) is 7.67. The first-order chi connectivity index (χ1) is 11.6. The number of carboxylic acid groups (broad SMARTS) is 1. The van der Waals surface area contributed by atoms with Gasteiger partial charge in [-0.25, -0.2) is 4.79 Å². The Balaban J connectivity index is 0.000000272. The van der Waals surface area contributed by atoms with Crippen LogP contribution < -0.4 is 0 Å². The molecule has 0 aliphatic carbocycles. The maximum Gasteiger partial charge on any atom is 0.353 e. The van der Waals surface area contributed by atoms with E-state index in [1.165, 1.54) is 12.5 Å². The summed E-state index contributed by atoms with van der Waals surface area (Å²) in [7, 11) is 0. The SMILES string of the molecule is BrCCc1ccccc1.CC(=NOCCc1ccccc1)C(=O)O. The van der Waals surface area contributed by atoms with Crippen molar-refractivity contribution in [2.24, 2.45) is 5.16 Å². The summed E-state index contributed by atoms with van der Waals surface area (Å²) in [4.78, 5) is 15.2. The third-order valence-corrected chi connectivity index (χ3v) is 3.46. The number of hydrogen-bond donors (Lipinski definition) is 1. The minimum atomic E-state index is -1.06. The normalized spacial score (nSPS) is 10.5. The van der Waals surface area contributed by atoms with E-state index in [0.717, 1.165) is 23.7 Å². The fourth-order valence-corrected chi connectivity index (χ4v) is 2.20. The molecule has 0 amide bonds. The molecule has 0 aliphatic rings. The fourth-order valence-electron chi connectivity index (χ4n) is 1.74. The van der Waals surface area contributed by atoms with E-state index >= 15 is 0 Å². The number of halogens is 1. The van der Waals surface area contributed by atoms with Gasteiger partial charge in [-0.3, -0.25) is 0 Å². The molecular formula is C19H22BrNO3. The monoisotopic (exact) mass is 391 g/mol. The quantitative estimate of drug-likeness (QED) is 0.330. The second kappa shape index (κ2) is 12.3. The van der Waals surface area contributed by atoms with Crippen LogP contribution in [0.1, 0.15) is 18.1 Å². The van der Waals surface area contributed by atoms with E-state index in [2.05, 4.69) is 45.4 Å². The predicted octanol–water partition coefficient (Wildman–Crippen LogP) is 4.33. The summed E-state index contributed by atoms with van der Waals surface area (Å²) >= 11 is 3.39. The topological polar surface area (TPSA) is 58.9 Å². The number of aryl methyl sites for hydroxylation is 1. The third kappa shape index (κ3) is 9.10. The Bertz CT molecular complexity index is 615. The molecule has 0 heterocycles. The third-order valence-electron chi connectivity index (χ3n) is 3.06. The molecule has 1 N–H and O–H groups in total. The number of benzene rings is 2. The number of nitrogens with zero attached hydrogens (tertiary/aromatic N) is 1. The number of rotatable bonds is 7. The van der Waals surface area contributed by atoms with Gasteiger partial charge in [-0.1, -0.05) is 81.7 Å². The van der Waals surface area contributed by atoms with Crippen molar-refractivity contribution in [3.05, 3.63) is 71.8 Å². The number of alkyl halides is 1. The molecule has 0 bridgehead atoms. The highest BCUT2D eigenvalue weighted by Crippen LogP contribution is 2.00. The molecule has 0 saturated carbocycles. The zero-order valence-electron chi connectivity index (χ0n) is 13.7. The minimum absolute atomic E-state index is 0.0388. The highest BCUT2D eigenvalue weighted by Gasteiger charge is 2.01. The van der Waals surface area contributed by atoms with Crippen LogP contribution in [0.25, 0.3) is 0 Å². The average molecular weight is 392 g/mol. The summed E-state index contributed by atoms with van der Waals surface area (Å²) in [5, 5.41) is 13.0. The van der Waals surface area contributed by atoms with Crippen molar-refractivity contribution in [3.8, 4) is 0 Å². The fraction of sp³-hybridized carbons (Fsp3) is 0.263. The van der Waals surface area contributed by atoms with E-state index in [4.69, 9.17) is 9.94 Å². The Morgan fingerprint density at radius 3 is 1.96 bits per heavy atom. The number of aliphatic carboxylic acids is 1. The van der Waals surface area contributed by atoms with E-state index in [0.29, 0.717) is 6.61 Å². The Hall–Kier alpha value is -2.14. The maximum absolute atomic E-state index is 10.4. The van der Waals surface area contributed by atoms with Crippen molar-refractivity contribution >= 4 is 27.6 Å². The Morgan fingerprint density at radius 2 is 1.50 bits per heavy atom. The van der Waals surface area contributed by atoms with Crippen LogP contribution in [0.3, 0.4) is 0 Å². The summed E-state index contributed by atoms with van der Waals surface area (Å²) in [5.74, 6) is -1.06. The zero-order valence-corrected chi connectivity index (χ0v) is 15.3. The minimum Gasteiger partial charge on any atom is -0.477 e. The van der Waals surface area contributed by atoms with Crippen molar-refractivity contribution < 1.29 is 14.7 Å². The van der Waals surface area contributed by atoms with Crippen LogP contribution in [0.5, 0.6) is 0 Å². The van der Waals surface area contributed by atoms with Crippen LogP contribution in [0.4, 0.5) is 0 Å². The lowest BCUT2D eigenvalue weighted by Gasteiger charge is -2.00. The predicted molar refractivity (Wildman–Crippen MR) is 101 cm³/mol. The number of carbonyl (C=O) groups is 1. The first-order valence-corrected chi connectivity index (χ1v) is 8.79. The van der Waals surface area contributed by atoms with Gasteiger partial charge in [0, 0.05) is 11.8 Å². The second-order valence-electron chi connectivity index (χ2n) is 4.98. The average Bonchev–Trinajstić information content (AvgIpc) is 2.61. The van der Waals surface area contributed by atoms with Gasteiger partial charge < -0.3 is 9.94 Å². The lowest BCUT2D eigenvalue weighted by Crippen LogP contribution is -2.09. The molecule has 128 valence electrons. The summed E-state index contributed by atoms with van der Waals surface area (Å²) in [6.07, 6.45) is 1.85. The summed E-state index contributed by atoms with van der Waals surface area (Å²) in [6.45, 7) is 1.78. The number of oxime groups is 1. The molecule has 0 spiro atoms. The summed E-state index contributed by atoms with van der Waals surface area (Å²) < 4.78 is 0. The van der Waals surface area contributed by atoms with Crippen molar-refractivity contribution in [2.45, 2.75) is 19.8 Å². The molecule has 4 nitrogen and oxygen atoms in total. The molecule has 2 aromatic carbocycles. The Morgan fingerprint density at radius 1 is 1.00 bits per heavy atom. The van der Waals surface area contributed by atoms with E-state index in [-0.39, 0.29) is 5.71 Å². The zero-order chi connectivity index (χ0) is 17.6. The van der Waals surface area contributed by atoms with Gasteiger partial charge in [-0.2, -0.15) is 0 Å². The van der Waals surface area contributed by atoms with E-state index in [1.807, 2.05) is 36.4 Å². The summed E-state index contributed by atoms with van der Waals surface area (Å²) in [6, 6.07) is 20.3.